The molecule has 3 aliphatic rings. The van der Waals surface area contributed by atoms with E-state index in [0.29, 0.717) is 0 Å². The van der Waals surface area contributed by atoms with Crippen molar-refractivity contribution in [2.24, 2.45) is 35.5 Å². The first-order valence-corrected chi connectivity index (χ1v) is 5.33. The molecular formula is C11H18. The molecule has 0 heterocycles. The van der Waals surface area contributed by atoms with Crippen LogP contribution in [-0.2, 0) is 0 Å². The zero-order valence-corrected chi connectivity index (χ0v) is 7.59. The standard InChI is InChI=1S/C11H18/c1-3-6(2)7-4-9-8-5-10(8)11(7)9/h6-11H,3-5H2,1-2H3. The summed E-state index contributed by atoms with van der Waals surface area (Å²) in [6, 6.07) is 0. The molecule has 6 atom stereocenters. The van der Waals surface area contributed by atoms with E-state index in [4.69, 9.17) is 0 Å². The van der Waals surface area contributed by atoms with E-state index in [1.165, 1.54) is 30.1 Å². The zero-order valence-electron chi connectivity index (χ0n) is 7.59. The van der Waals surface area contributed by atoms with Crippen LogP contribution in [0, 0.1) is 35.5 Å². The second kappa shape index (κ2) is 1.84. The summed E-state index contributed by atoms with van der Waals surface area (Å²) < 4.78 is 0. The Labute approximate surface area is 69.4 Å². The van der Waals surface area contributed by atoms with Gasteiger partial charge in [0.2, 0.25) is 0 Å². The summed E-state index contributed by atoms with van der Waals surface area (Å²) in [5, 5.41) is 0. The maximum absolute atomic E-state index is 2.45. The molecule has 0 radical (unpaired) electrons. The van der Waals surface area contributed by atoms with Gasteiger partial charge in [-0.15, -0.1) is 0 Å². The molecule has 6 unspecified atom stereocenters. The Morgan fingerprint density at radius 3 is 2.55 bits per heavy atom. The van der Waals surface area contributed by atoms with Gasteiger partial charge >= 0.3 is 0 Å². The molecule has 0 saturated heterocycles. The Morgan fingerprint density at radius 1 is 1.18 bits per heavy atom. The van der Waals surface area contributed by atoms with E-state index in [2.05, 4.69) is 13.8 Å². The van der Waals surface area contributed by atoms with Gasteiger partial charge in [-0.2, -0.15) is 0 Å². The number of hydrogen-bond donors (Lipinski definition) is 0. The van der Waals surface area contributed by atoms with Crippen molar-refractivity contribution in [3.63, 3.8) is 0 Å². The molecule has 11 heavy (non-hydrogen) atoms. The third-order valence-electron chi connectivity index (χ3n) is 4.84. The first-order valence-electron chi connectivity index (χ1n) is 5.33. The molecule has 0 N–H and O–H groups in total. The summed E-state index contributed by atoms with van der Waals surface area (Å²) in [6.45, 7) is 4.80. The molecule has 0 bridgehead atoms. The minimum atomic E-state index is 1.03. The molecule has 0 nitrogen and oxygen atoms in total. The number of hydrogen-bond acceptors (Lipinski definition) is 0. The van der Waals surface area contributed by atoms with Crippen LogP contribution in [0.2, 0.25) is 0 Å². The summed E-state index contributed by atoms with van der Waals surface area (Å²) in [7, 11) is 0. The predicted octanol–water partition coefficient (Wildman–Crippen LogP) is 2.93. The van der Waals surface area contributed by atoms with Gasteiger partial charge in [0.15, 0.2) is 0 Å². The van der Waals surface area contributed by atoms with Crippen LogP contribution >= 0.6 is 0 Å². The molecule has 3 rings (SSSR count). The van der Waals surface area contributed by atoms with Crippen molar-refractivity contribution in [3.8, 4) is 0 Å². The van der Waals surface area contributed by atoms with Crippen molar-refractivity contribution in [1.82, 2.24) is 0 Å². The highest BCUT2D eigenvalue weighted by molar-refractivity contribution is 5.17. The molecule has 0 aliphatic heterocycles. The maximum atomic E-state index is 2.45. The van der Waals surface area contributed by atoms with Crippen LogP contribution in [0.15, 0.2) is 0 Å². The lowest BCUT2D eigenvalue weighted by atomic mass is 9.50. The van der Waals surface area contributed by atoms with Crippen molar-refractivity contribution in [2.75, 3.05) is 0 Å². The third kappa shape index (κ3) is 0.625. The van der Waals surface area contributed by atoms with Crippen molar-refractivity contribution < 1.29 is 0 Å². The van der Waals surface area contributed by atoms with E-state index in [1.54, 1.807) is 12.8 Å². The van der Waals surface area contributed by atoms with E-state index < -0.39 is 0 Å². The first-order chi connectivity index (χ1) is 5.33. The van der Waals surface area contributed by atoms with Gasteiger partial charge in [-0.25, -0.2) is 0 Å². The quantitative estimate of drug-likeness (QED) is 0.567. The molecule has 0 aromatic rings. The monoisotopic (exact) mass is 150 g/mol. The van der Waals surface area contributed by atoms with Gasteiger partial charge in [-0.05, 0) is 48.3 Å². The van der Waals surface area contributed by atoms with Crippen LogP contribution in [0.4, 0.5) is 0 Å². The minimum absolute atomic E-state index is 1.03. The van der Waals surface area contributed by atoms with Crippen LogP contribution < -0.4 is 0 Å². The smallest absolute Gasteiger partial charge is 0.0321 e. The summed E-state index contributed by atoms with van der Waals surface area (Å²) >= 11 is 0. The van der Waals surface area contributed by atoms with Crippen molar-refractivity contribution in [2.45, 2.75) is 33.1 Å². The highest BCUT2D eigenvalue weighted by Gasteiger charge is 2.68. The van der Waals surface area contributed by atoms with E-state index in [1.807, 2.05) is 0 Å². The maximum Gasteiger partial charge on any atom is -0.0321 e. The van der Waals surface area contributed by atoms with Crippen molar-refractivity contribution in [1.29, 1.82) is 0 Å². The fraction of sp³-hybridized carbons (Fsp3) is 1.00. The Hall–Kier alpha value is 0. The summed E-state index contributed by atoms with van der Waals surface area (Å²) in [5.74, 6) is 7.08. The van der Waals surface area contributed by atoms with Crippen LogP contribution in [0.25, 0.3) is 0 Å². The van der Waals surface area contributed by atoms with Gasteiger partial charge in [-0.3, -0.25) is 0 Å². The minimum Gasteiger partial charge on any atom is -0.0651 e. The van der Waals surface area contributed by atoms with Crippen LogP contribution in [-0.4, -0.2) is 0 Å². The number of fused-ring (bicyclic) bond motifs is 4. The van der Waals surface area contributed by atoms with Gasteiger partial charge in [0, 0.05) is 0 Å². The topological polar surface area (TPSA) is 0 Å². The fourth-order valence-corrected chi connectivity index (χ4v) is 3.78. The normalized spacial score (nSPS) is 60.0. The van der Waals surface area contributed by atoms with Crippen molar-refractivity contribution in [3.05, 3.63) is 0 Å². The zero-order chi connectivity index (χ0) is 7.59. The molecule has 3 aliphatic carbocycles. The highest BCUT2D eigenvalue weighted by Crippen LogP contribution is 2.75. The molecule has 3 saturated carbocycles. The lowest BCUT2D eigenvalue weighted by Gasteiger charge is -2.55. The average Bonchev–Trinajstić information content (AvgIpc) is 2.62. The molecule has 3 fully saturated rings. The summed E-state index contributed by atoms with van der Waals surface area (Å²) in [4.78, 5) is 0. The average molecular weight is 150 g/mol. The third-order valence-corrected chi connectivity index (χ3v) is 4.84. The Balaban J connectivity index is 1.66. The van der Waals surface area contributed by atoms with Gasteiger partial charge in [0.1, 0.15) is 0 Å². The van der Waals surface area contributed by atoms with Crippen molar-refractivity contribution >= 4 is 0 Å². The van der Waals surface area contributed by atoms with Crippen LogP contribution in [0.5, 0.6) is 0 Å². The second-order valence-corrected chi connectivity index (χ2v) is 5.09. The molecule has 0 heteroatoms. The molecule has 62 valence electrons. The first kappa shape index (κ1) is 6.51. The van der Waals surface area contributed by atoms with E-state index >= 15 is 0 Å². The molecular weight excluding hydrogens is 132 g/mol. The van der Waals surface area contributed by atoms with Crippen LogP contribution in [0.1, 0.15) is 33.1 Å². The molecule has 0 aromatic carbocycles. The SMILES string of the molecule is CCC(C)C1CC2C3CC3C12. The van der Waals surface area contributed by atoms with Gasteiger partial charge in [-0.1, -0.05) is 20.3 Å². The predicted molar refractivity (Wildman–Crippen MR) is 46.1 cm³/mol. The Bertz CT molecular complexity index is 184. The van der Waals surface area contributed by atoms with E-state index in [0.717, 1.165) is 11.8 Å². The molecule has 0 aromatic heterocycles. The summed E-state index contributed by atoms with van der Waals surface area (Å²) in [5.41, 5.74) is 0. The van der Waals surface area contributed by atoms with Gasteiger partial charge in [0.05, 0.1) is 0 Å². The van der Waals surface area contributed by atoms with E-state index in [9.17, 15) is 0 Å². The lowest BCUT2D eigenvalue weighted by Crippen LogP contribution is -2.49. The Kier molecular flexibility index (Phi) is 1.09. The summed E-state index contributed by atoms with van der Waals surface area (Å²) in [6.07, 6.45) is 4.62. The van der Waals surface area contributed by atoms with Gasteiger partial charge < -0.3 is 0 Å². The van der Waals surface area contributed by atoms with E-state index in [-0.39, 0.29) is 0 Å². The van der Waals surface area contributed by atoms with Crippen LogP contribution in [0.3, 0.4) is 0 Å². The molecule has 0 spiro atoms. The number of rotatable bonds is 2. The Morgan fingerprint density at radius 2 is 1.91 bits per heavy atom. The fourth-order valence-electron chi connectivity index (χ4n) is 3.78. The lowest BCUT2D eigenvalue weighted by molar-refractivity contribution is -0.0675. The second-order valence-electron chi connectivity index (χ2n) is 5.09. The largest absolute Gasteiger partial charge is 0.0651 e. The molecule has 0 amide bonds. The highest BCUT2D eigenvalue weighted by atomic mass is 14.7. The van der Waals surface area contributed by atoms with Gasteiger partial charge in [0.25, 0.3) is 0 Å².